The first-order valence-electron chi connectivity index (χ1n) is 7.48. The Morgan fingerprint density at radius 3 is 2.39 bits per heavy atom. The summed E-state index contributed by atoms with van der Waals surface area (Å²) < 4.78 is 17.8. The number of halogens is 1. The van der Waals surface area contributed by atoms with Crippen LogP contribution >= 0.6 is 15.9 Å². The van der Waals surface area contributed by atoms with Gasteiger partial charge in [0.05, 0.1) is 24.7 Å². The molecule has 1 heterocycles. The number of phenolic OH excluding ortho intramolecular Hbond substituents is 1. The van der Waals surface area contributed by atoms with E-state index in [0.717, 1.165) is 10.0 Å². The van der Waals surface area contributed by atoms with Crippen LogP contribution < -0.4 is 0 Å². The maximum absolute atomic E-state index is 11.9. The molecule has 1 N–H and O–H groups in total. The van der Waals surface area contributed by atoms with Crippen LogP contribution in [0.15, 0.2) is 22.7 Å². The molecular weight excluding hydrogens is 363 g/mol. The lowest BCUT2D eigenvalue weighted by Crippen LogP contribution is -2.41. The van der Waals surface area contributed by atoms with E-state index in [4.69, 9.17) is 14.0 Å². The Labute approximate surface area is 145 Å². The molecule has 0 aromatic heterocycles. The number of rotatable bonds is 4. The van der Waals surface area contributed by atoms with Gasteiger partial charge in [-0.2, -0.15) is 0 Å². The fourth-order valence-corrected chi connectivity index (χ4v) is 3.02. The molecule has 0 bridgehead atoms. The first-order valence-corrected chi connectivity index (χ1v) is 8.27. The minimum absolute atomic E-state index is 0.0926. The van der Waals surface area contributed by atoms with E-state index in [0.29, 0.717) is 0 Å². The first-order chi connectivity index (χ1) is 10.6. The molecule has 7 heteroatoms. The predicted octanol–water partition coefficient (Wildman–Crippen LogP) is 3.43. The van der Waals surface area contributed by atoms with Crippen molar-refractivity contribution in [3.05, 3.63) is 28.2 Å². The Balaban J connectivity index is 2.40. The van der Waals surface area contributed by atoms with Gasteiger partial charge >= 0.3 is 13.1 Å². The van der Waals surface area contributed by atoms with Gasteiger partial charge in [0.2, 0.25) is 0 Å². The van der Waals surface area contributed by atoms with Crippen LogP contribution in [0.1, 0.15) is 45.5 Å². The number of phenols is 1. The lowest BCUT2D eigenvalue weighted by atomic mass is 9.66. The largest absolute Gasteiger partial charge is 0.508 e. The molecular formula is C16H22BBrO5. The lowest BCUT2D eigenvalue weighted by Gasteiger charge is -2.32. The SMILES string of the molecule is COC(=O)CC(B1OC(C)(C)C(C)(C)O1)c1cc(O)ccc1Br. The van der Waals surface area contributed by atoms with Gasteiger partial charge in [-0.05, 0) is 51.5 Å². The van der Waals surface area contributed by atoms with E-state index in [1.807, 2.05) is 27.7 Å². The van der Waals surface area contributed by atoms with Crippen LogP contribution in [0.4, 0.5) is 0 Å². The fourth-order valence-electron chi connectivity index (χ4n) is 2.48. The molecule has 23 heavy (non-hydrogen) atoms. The molecule has 1 aromatic carbocycles. The summed E-state index contributed by atoms with van der Waals surface area (Å²) in [7, 11) is 0.735. The minimum atomic E-state index is -0.614. The number of carbonyl (C=O) groups excluding carboxylic acids is 1. The summed E-state index contributed by atoms with van der Waals surface area (Å²) in [6.45, 7) is 7.83. The second kappa shape index (κ2) is 6.45. The monoisotopic (exact) mass is 384 g/mol. The molecule has 0 radical (unpaired) electrons. The van der Waals surface area contributed by atoms with Crippen molar-refractivity contribution < 1.29 is 23.9 Å². The third-order valence-corrected chi connectivity index (χ3v) is 5.32. The van der Waals surface area contributed by atoms with Crippen molar-refractivity contribution in [2.45, 2.75) is 51.1 Å². The maximum atomic E-state index is 11.9. The molecule has 1 fully saturated rings. The topological polar surface area (TPSA) is 65.0 Å². The number of esters is 1. The van der Waals surface area contributed by atoms with Crippen molar-refractivity contribution in [1.29, 1.82) is 0 Å². The van der Waals surface area contributed by atoms with Gasteiger partial charge in [0.25, 0.3) is 0 Å². The zero-order chi connectivity index (χ0) is 17.4. The minimum Gasteiger partial charge on any atom is -0.508 e. The molecule has 1 saturated heterocycles. The van der Waals surface area contributed by atoms with Crippen molar-refractivity contribution in [3.63, 3.8) is 0 Å². The molecule has 0 spiro atoms. The second-order valence-electron chi connectivity index (χ2n) is 6.72. The summed E-state index contributed by atoms with van der Waals surface area (Å²) in [4.78, 5) is 11.9. The quantitative estimate of drug-likeness (QED) is 0.636. The highest BCUT2D eigenvalue weighted by Crippen LogP contribution is 2.43. The molecule has 5 nitrogen and oxygen atoms in total. The number of aromatic hydroxyl groups is 1. The fraction of sp³-hybridized carbons (Fsp3) is 0.562. The van der Waals surface area contributed by atoms with Gasteiger partial charge in [-0.3, -0.25) is 4.79 Å². The highest BCUT2D eigenvalue weighted by Gasteiger charge is 2.54. The number of carbonyl (C=O) groups is 1. The van der Waals surface area contributed by atoms with Crippen molar-refractivity contribution in [2.24, 2.45) is 0 Å². The Morgan fingerprint density at radius 1 is 1.30 bits per heavy atom. The standard InChI is InChI=1S/C16H22BBrO5/c1-15(2)16(3,4)23-17(22-15)12(9-14(20)21-5)11-8-10(19)6-7-13(11)18/h6-8,12,19H,9H2,1-5H3. The van der Waals surface area contributed by atoms with Gasteiger partial charge in [-0.1, -0.05) is 15.9 Å². The average Bonchev–Trinajstić information content (AvgIpc) is 2.67. The zero-order valence-corrected chi connectivity index (χ0v) is 15.6. The molecule has 1 unspecified atom stereocenters. The predicted molar refractivity (Wildman–Crippen MR) is 91.3 cm³/mol. The number of methoxy groups -OCH3 is 1. The smallest absolute Gasteiger partial charge is 0.466 e. The van der Waals surface area contributed by atoms with Crippen molar-refractivity contribution in [2.75, 3.05) is 7.11 Å². The number of hydrogen-bond donors (Lipinski definition) is 1. The van der Waals surface area contributed by atoms with Gasteiger partial charge in [0, 0.05) is 10.3 Å². The van der Waals surface area contributed by atoms with E-state index in [2.05, 4.69) is 15.9 Å². The second-order valence-corrected chi connectivity index (χ2v) is 7.57. The van der Waals surface area contributed by atoms with E-state index in [1.54, 1.807) is 18.2 Å². The first kappa shape index (κ1) is 18.3. The van der Waals surface area contributed by atoms with Gasteiger partial charge < -0.3 is 19.2 Å². The third-order valence-electron chi connectivity index (χ3n) is 4.59. The van der Waals surface area contributed by atoms with Crippen LogP contribution in [0.25, 0.3) is 0 Å². The van der Waals surface area contributed by atoms with E-state index in [1.165, 1.54) is 7.11 Å². The summed E-state index contributed by atoms with van der Waals surface area (Å²) in [5, 5.41) is 9.81. The Morgan fingerprint density at radius 2 is 1.87 bits per heavy atom. The molecule has 0 amide bonds. The molecule has 0 aliphatic carbocycles. The van der Waals surface area contributed by atoms with Crippen molar-refractivity contribution >= 4 is 29.0 Å². The van der Waals surface area contributed by atoms with Gasteiger partial charge in [0.1, 0.15) is 5.75 Å². The molecule has 1 aliphatic heterocycles. The maximum Gasteiger partial charge on any atom is 0.466 e. The van der Waals surface area contributed by atoms with Gasteiger partial charge in [-0.15, -0.1) is 0 Å². The number of benzene rings is 1. The summed E-state index contributed by atoms with van der Waals surface area (Å²) >= 11 is 3.47. The van der Waals surface area contributed by atoms with Crippen LogP contribution in [0.2, 0.25) is 0 Å². The molecule has 1 aliphatic rings. The van der Waals surface area contributed by atoms with E-state index < -0.39 is 24.1 Å². The molecule has 0 saturated carbocycles. The van der Waals surface area contributed by atoms with Crippen LogP contribution in [-0.2, 0) is 18.8 Å². The average molecular weight is 385 g/mol. The van der Waals surface area contributed by atoms with E-state index in [-0.39, 0.29) is 18.1 Å². The summed E-state index contributed by atoms with van der Waals surface area (Å²) in [5.41, 5.74) is -0.265. The lowest BCUT2D eigenvalue weighted by molar-refractivity contribution is -0.140. The van der Waals surface area contributed by atoms with Crippen LogP contribution in [0.3, 0.4) is 0 Å². The summed E-state index contributed by atoms with van der Waals surface area (Å²) in [5.74, 6) is -0.639. The molecule has 126 valence electrons. The van der Waals surface area contributed by atoms with Gasteiger partial charge in [0.15, 0.2) is 0 Å². The van der Waals surface area contributed by atoms with Crippen LogP contribution in [-0.4, -0.2) is 36.5 Å². The number of hydrogen-bond acceptors (Lipinski definition) is 5. The molecule has 1 atom stereocenters. The Bertz CT molecular complexity index is 586. The summed E-state index contributed by atoms with van der Waals surface area (Å²) in [6, 6.07) is 4.93. The zero-order valence-electron chi connectivity index (χ0n) is 14.1. The Hall–Kier alpha value is -1.05. The van der Waals surface area contributed by atoms with E-state index >= 15 is 0 Å². The highest BCUT2D eigenvalue weighted by atomic mass is 79.9. The van der Waals surface area contributed by atoms with Gasteiger partial charge in [-0.25, -0.2) is 0 Å². The highest BCUT2D eigenvalue weighted by molar-refractivity contribution is 9.10. The molecule has 1 aromatic rings. The van der Waals surface area contributed by atoms with Crippen molar-refractivity contribution in [1.82, 2.24) is 0 Å². The van der Waals surface area contributed by atoms with Crippen molar-refractivity contribution in [3.8, 4) is 5.75 Å². The van der Waals surface area contributed by atoms with Crippen LogP contribution in [0, 0.1) is 0 Å². The molecule has 2 rings (SSSR count). The normalized spacial score (nSPS) is 20.3. The number of ether oxygens (including phenoxy) is 1. The Kier molecular flexibility index (Phi) is 5.13. The van der Waals surface area contributed by atoms with Crippen LogP contribution in [0.5, 0.6) is 5.75 Å². The third kappa shape index (κ3) is 3.73. The van der Waals surface area contributed by atoms with E-state index in [9.17, 15) is 9.90 Å². The summed E-state index contributed by atoms with van der Waals surface area (Å²) in [6.07, 6.45) is 0.0926.